The Bertz CT molecular complexity index is 823. The molecule has 0 bridgehead atoms. The number of nitrogens with zero attached hydrogens (tertiary/aromatic N) is 1. The van der Waals surface area contributed by atoms with Crippen LogP contribution in [-0.4, -0.2) is 35.8 Å². The molecule has 1 heterocycles. The molecule has 3 rings (SSSR count). The Labute approximate surface area is 143 Å². The third-order valence-electron chi connectivity index (χ3n) is 3.72. The van der Waals surface area contributed by atoms with Gasteiger partial charge in [0.2, 0.25) is 0 Å². The van der Waals surface area contributed by atoms with Crippen LogP contribution < -0.4 is 0 Å². The van der Waals surface area contributed by atoms with E-state index in [1.54, 1.807) is 24.3 Å². The van der Waals surface area contributed by atoms with Crippen LogP contribution in [0.3, 0.4) is 0 Å². The van der Waals surface area contributed by atoms with Gasteiger partial charge >= 0.3 is 5.97 Å². The molecule has 0 aromatic heterocycles. The van der Waals surface area contributed by atoms with Crippen molar-refractivity contribution in [1.82, 2.24) is 4.90 Å². The molecule has 25 heavy (non-hydrogen) atoms. The summed E-state index contributed by atoms with van der Waals surface area (Å²) in [5.74, 6) is -1.75. The number of carbonyl (C=O) groups excluding carboxylic acids is 3. The summed E-state index contributed by atoms with van der Waals surface area (Å²) >= 11 is 0. The van der Waals surface area contributed by atoms with Gasteiger partial charge in [-0.15, -0.1) is 0 Å². The van der Waals surface area contributed by atoms with Gasteiger partial charge in [-0.1, -0.05) is 24.3 Å². The number of hydrogen-bond donors (Lipinski definition) is 0. The second kappa shape index (κ2) is 7.09. The predicted octanol–water partition coefficient (Wildman–Crippen LogP) is 2.68. The molecule has 0 unspecified atom stereocenters. The molecule has 6 heteroatoms. The van der Waals surface area contributed by atoms with E-state index < -0.39 is 17.8 Å². The number of benzene rings is 2. The number of halogens is 1. The van der Waals surface area contributed by atoms with Crippen molar-refractivity contribution in [2.75, 3.05) is 13.2 Å². The Balaban J connectivity index is 1.52. The van der Waals surface area contributed by atoms with Crippen LogP contribution in [0.2, 0.25) is 0 Å². The number of fused-ring (bicyclic) bond motifs is 1. The van der Waals surface area contributed by atoms with Gasteiger partial charge in [0, 0.05) is 6.08 Å². The van der Waals surface area contributed by atoms with Crippen molar-refractivity contribution < 1.29 is 23.5 Å². The van der Waals surface area contributed by atoms with Crippen molar-refractivity contribution in [3.8, 4) is 0 Å². The molecule has 2 amide bonds. The average molecular weight is 339 g/mol. The zero-order valence-electron chi connectivity index (χ0n) is 13.1. The Morgan fingerprint density at radius 3 is 2.20 bits per heavy atom. The molecule has 1 aliphatic rings. The van der Waals surface area contributed by atoms with Crippen LogP contribution in [0, 0.1) is 5.82 Å². The molecule has 5 nitrogen and oxygen atoms in total. The molecule has 0 saturated heterocycles. The molecular formula is C19H14FNO4. The highest BCUT2D eigenvalue weighted by atomic mass is 19.1. The summed E-state index contributed by atoms with van der Waals surface area (Å²) < 4.78 is 17.8. The van der Waals surface area contributed by atoms with Crippen LogP contribution >= 0.6 is 0 Å². The molecule has 126 valence electrons. The van der Waals surface area contributed by atoms with E-state index in [-0.39, 0.29) is 19.0 Å². The van der Waals surface area contributed by atoms with Gasteiger partial charge in [0.25, 0.3) is 11.8 Å². The van der Waals surface area contributed by atoms with Crippen molar-refractivity contribution in [1.29, 1.82) is 0 Å². The van der Waals surface area contributed by atoms with Gasteiger partial charge in [-0.25, -0.2) is 9.18 Å². The van der Waals surface area contributed by atoms with Gasteiger partial charge in [-0.2, -0.15) is 0 Å². The first-order valence-corrected chi connectivity index (χ1v) is 7.62. The topological polar surface area (TPSA) is 63.7 Å². The molecule has 2 aromatic rings. The molecule has 0 atom stereocenters. The third-order valence-corrected chi connectivity index (χ3v) is 3.72. The van der Waals surface area contributed by atoms with Gasteiger partial charge in [-0.3, -0.25) is 14.5 Å². The SMILES string of the molecule is O=C(C=Cc1ccc(F)cc1)OCCN1C(=O)c2ccccc2C1=O. The number of amides is 2. The normalized spacial score (nSPS) is 13.4. The molecule has 0 fully saturated rings. The number of esters is 1. The lowest BCUT2D eigenvalue weighted by molar-refractivity contribution is -0.137. The van der Waals surface area contributed by atoms with Gasteiger partial charge in [-0.05, 0) is 35.9 Å². The molecule has 0 aliphatic carbocycles. The number of carbonyl (C=O) groups is 3. The monoisotopic (exact) mass is 339 g/mol. The fraction of sp³-hybridized carbons (Fsp3) is 0.105. The third kappa shape index (κ3) is 3.63. The van der Waals surface area contributed by atoms with Gasteiger partial charge in [0.05, 0.1) is 17.7 Å². The lowest BCUT2D eigenvalue weighted by Gasteiger charge is -2.13. The van der Waals surface area contributed by atoms with Crippen LogP contribution in [0.5, 0.6) is 0 Å². The van der Waals surface area contributed by atoms with Crippen molar-refractivity contribution in [3.05, 3.63) is 77.1 Å². The summed E-state index contributed by atoms with van der Waals surface area (Å²) in [5, 5.41) is 0. The lowest BCUT2D eigenvalue weighted by atomic mass is 10.1. The quantitative estimate of drug-likeness (QED) is 0.477. The van der Waals surface area contributed by atoms with Crippen molar-refractivity contribution in [2.45, 2.75) is 0 Å². The first-order valence-electron chi connectivity index (χ1n) is 7.62. The smallest absolute Gasteiger partial charge is 0.330 e. The minimum atomic E-state index is -0.610. The van der Waals surface area contributed by atoms with Gasteiger partial charge in [0.1, 0.15) is 12.4 Å². The number of imide groups is 1. The maximum absolute atomic E-state index is 12.8. The fourth-order valence-electron chi connectivity index (χ4n) is 2.47. The van der Waals surface area contributed by atoms with E-state index in [0.717, 1.165) is 4.90 Å². The van der Waals surface area contributed by atoms with Crippen LogP contribution in [0.4, 0.5) is 4.39 Å². The molecule has 1 aliphatic heterocycles. The van der Waals surface area contributed by atoms with Crippen molar-refractivity contribution in [3.63, 3.8) is 0 Å². The van der Waals surface area contributed by atoms with E-state index in [9.17, 15) is 18.8 Å². The number of ether oxygens (including phenoxy) is 1. The summed E-state index contributed by atoms with van der Waals surface area (Å²) in [4.78, 5) is 37.0. The zero-order valence-corrected chi connectivity index (χ0v) is 13.1. The fourth-order valence-corrected chi connectivity index (χ4v) is 2.47. The highest BCUT2D eigenvalue weighted by molar-refractivity contribution is 6.21. The second-order valence-electron chi connectivity index (χ2n) is 5.36. The van der Waals surface area contributed by atoms with Gasteiger partial charge in [0.15, 0.2) is 0 Å². The highest BCUT2D eigenvalue weighted by Gasteiger charge is 2.34. The Kier molecular flexibility index (Phi) is 4.70. The summed E-state index contributed by atoms with van der Waals surface area (Å²) in [6.07, 6.45) is 2.69. The van der Waals surface area contributed by atoms with E-state index >= 15 is 0 Å². The molecule has 0 saturated carbocycles. The first-order chi connectivity index (χ1) is 12.1. The van der Waals surface area contributed by atoms with Crippen LogP contribution in [0.25, 0.3) is 6.08 Å². The summed E-state index contributed by atoms with van der Waals surface area (Å²) in [5.41, 5.74) is 1.36. The van der Waals surface area contributed by atoms with E-state index in [0.29, 0.717) is 16.7 Å². The Morgan fingerprint density at radius 1 is 1.00 bits per heavy atom. The van der Waals surface area contributed by atoms with E-state index in [1.165, 1.54) is 36.4 Å². The van der Waals surface area contributed by atoms with E-state index in [4.69, 9.17) is 4.74 Å². The number of hydrogen-bond acceptors (Lipinski definition) is 4. The summed E-state index contributed by atoms with van der Waals surface area (Å²) in [6, 6.07) is 12.2. The number of rotatable bonds is 5. The van der Waals surface area contributed by atoms with Crippen LogP contribution in [0.15, 0.2) is 54.6 Å². The Morgan fingerprint density at radius 2 is 1.60 bits per heavy atom. The van der Waals surface area contributed by atoms with Gasteiger partial charge < -0.3 is 4.74 Å². The summed E-state index contributed by atoms with van der Waals surface area (Å²) in [6.45, 7) is -0.111. The minimum absolute atomic E-state index is 0.0114. The van der Waals surface area contributed by atoms with Crippen molar-refractivity contribution >= 4 is 23.9 Å². The standard InChI is InChI=1S/C19H14FNO4/c20-14-8-5-13(6-9-14)7-10-17(22)25-12-11-21-18(23)15-3-1-2-4-16(15)19(21)24/h1-10H,11-12H2. The minimum Gasteiger partial charge on any atom is -0.461 e. The molecule has 0 radical (unpaired) electrons. The second-order valence-corrected chi connectivity index (χ2v) is 5.36. The van der Waals surface area contributed by atoms with E-state index in [1.807, 2.05) is 0 Å². The molecule has 2 aromatic carbocycles. The van der Waals surface area contributed by atoms with Crippen LogP contribution in [0.1, 0.15) is 26.3 Å². The zero-order chi connectivity index (χ0) is 17.8. The Hall–Kier alpha value is -3.28. The molecule has 0 N–H and O–H groups in total. The lowest BCUT2D eigenvalue weighted by Crippen LogP contribution is -2.33. The summed E-state index contributed by atoms with van der Waals surface area (Å²) in [7, 11) is 0. The first kappa shape index (κ1) is 16.6. The van der Waals surface area contributed by atoms with Crippen LogP contribution in [-0.2, 0) is 9.53 Å². The largest absolute Gasteiger partial charge is 0.461 e. The van der Waals surface area contributed by atoms with Crippen molar-refractivity contribution in [2.24, 2.45) is 0 Å². The molecule has 0 spiro atoms. The van der Waals surface area contributed by atoms with E-state index in [2.05, 4.69) is 0 Å². The maximum atomic E-state index is 12.8. The highest BCUT2D eigenvalue weighted by Crippen LogP contribution is 2.21. The molecular weight excluding hydrogens is 325 g/mol. The maximum Gasteiger partial charge on any atom is 0.330 e. The predicted molar refractivity (Wildman–Crippen MR) is 88.2 cm³/mol. The average Bonchev–Trinajstić information content (AvgIpc) is 2.86.